The van der Waals surface area contributed by atoms with E-state index in [2.05, 4.69) is 100 Å². The lowest BCUT2D eigenvalue weighted by atomic mass is 9.74. The summed E-state index contributed by atoms with van der Waals surface area (Å²) in [5.74, 6) is 0. The van der Waals surface area contributed by atoms with E-state index in [9.17, 15) is 0 Å². The number of hydrogen-bond donors (Lipinski definition) is 0. The lowest BCUT2D eigenvalue weighted by molar-refractivity contribution is 0.187. The molecule has 4 aromatic rings. The van der Waals surface area contributed by atoms with Gasteiger partial charge >= 0.3 is 0 Å². The standard InChI is InChI=1S/C42H48O4P2/c1-27-28(2)44-47(43-27)25-39-37(31-15-7-5-8-16-31)23-33-19-11-13-21-35(33)41(39)42-36-22-14-12-20-34(36)24-38(32-17-9-6-10-18-32)40(42)26-48-45-29(3)30(4)46-48/h5-10,15-18,23-24,27-30H,11-14,19-22,25-26H2,1-4H3/t27-,28-,29-,30-/m0/s1. The molecule has 0 aromatic heterocycles. The Morgan fingerprint density at radius 1 is 0.500 bits per heavy atom. The Hall–Kier alpha value is -2.42. The van der Waals surface area contributed by atoms with Crippen LogP contribution in [0.2, 0.25) is 0 Å². The van der Waals surface area contributed by atoms with E-state index in [0.29, 0.717) is 0 Å². The smallest absolute Gasteiger partial charge is 0.175 e. The summed E-state index contributed by atoms with van der Waals surface area (Å²) in [6.45, 7) is 8.62. The molecule has 2 aliphatic carbocycles. The van der Waals surface area contributed by atoms with Crippen molar-refractivity contribution in [2.24, 2.45) is 0 Å². The summed E-state index contributed by atoms with van der Waals surface area (Å²) in [7, 11) is -2.14. The summed E-state index contributed by atoms with van der Waals surface area (Å²) < 4.78 is 26.3. The maximum absolute atomic E-state index is 6.58. The van der Waals surface area contributed by atoms with Crippen molar-refractivity contribution in [1.29, 1.82) is 0 Å². The first-order valence-electron chi connectivity index (χ1n) is 18.1. The second kappa shape index (κ2) is 14.1. The van der Waals surface area contributed by atoms with Crippen LogP contribution in [-0.2, 0) is 56.1 Å². The molecule has 0 spiro atoms. The second-order valence-electron chi connectivity index (χ2n) is 14.2. The van der Waals surface area contributed by atoms with Gasteiger partial charge in [-0.1, -0.05) is 72.8 Å². The highest BCUT2D eigenvalue weighted by Crippen LogP contribution is 2.58. The predicted octanol–water partition coefficient (Wildman–Crippen LogP) is 11.7. The van der Waals surface area contributed by atoms with Crippen LogP contribution in [0.1, 0.15) is 86.8 Å². The number of hydrogen-bond acceptors (Lipinski definition) is 4. The van der Waals surface area contributed by atoms with E-state index < -0.39 is 16.8 Å². The van der Waals surface area contributed by atoms with Crippen LogP contribution in [0.25, 0.3) is 33.4 Å². The van der Waals surface area contributed by atoms with E-state index >= 15 is 0 Å². The van der Waals surface area contributed by atoms with Crippen LogP contribution >= 0.6 is 16.8 Å². The van der Waals surface area contributed by atoms with E-state index in [-0.39, 0.29) is 24.4 Å². The normalized spacial score (nSPS) is 24.5. The van der Waals surface area contributed by atoms with E-state index in [1.54, 1.807) is 11.1 Å². The van der Waals surface area contributed by atoms with Crippen molar-refractivity contribution in [2.45, 2.75) is 116 Å². The van der Waals surface area contributed by atoms with Crippen LogP contribution in [0.5, 0.6) is 0 Å². The molecule has 2 fully saturated rings. The van der Waals surface area contributed by atoms with E-state index in [1.807, 2.05) is 0 Å². The van der Waals surface area contributed by atoms with Gasteiger partial charge in [0.15, 0.2) is 16.8 Å². The van der Waals surface area contributed by atoms with Gasteiger partial charge in [-0.3, -0.25) is 0 Å². The number of rotatable bonds is 7. The molecule has 48 heavy (non-hydrogen) atoms. The molecule has 4 atom stereocenters. The first-order valence-corrected chi connectivity index (χ1v) is 20.9. The number of aryl methyl sites for hydroxylation is 2. The molecule has 8 rings (SSSR count). The first-order chi connectivity index (χ1) is 23.4. The van der Waals surface area contributed by atoms with Crippen LogP contribution in [0.3, 0.4) is 0 Å². The summed E-state index contributed by atoms with van der Waals surface area (Å²) in [6.07, 6.45) is 11.4. The average Bonchev–Trinajstić information content (AvgIpc) is 3.61. The zero-order chi connectivity index (χ0) is 32.8. The van der Waals surface area contributed by atoms with Crippen LogP contribution < -0.4 is 0 Å². The Labute approximate surface area is 289 Å². The lowest BCUT2D eigenvalue weighted by Gasteiger charge is -2.32. The van der Waals surface area contributed by atoms with Crippen molar-refractivity contribution in [3.05, 3.63) is 106 Å². The van der Waals surface area contributed by atoms with E-state index in [1.165, 1.54) is 81.3 Å². The molecule has 2 saturated heterocycles. The molecule has 6 heteroatoms. The Morgan fingerprint density at radius 2 is 0.854 bits per heavy atom. The fraction of sp³-hybridized carbons (Fsp3) is 0.429. The Bertz CT molecular complexity index is 1620. The minimum atomic E-state index is -1.07. The maximum Gasteiger partial charge on any atom is 0.175 e. The Balaban J connectivity index is 1.44. The fourth-order valence-corrected chi connectivity index (χ4v) is 11.9. The molecule has 4 aliphatic rings. The molecule has 0 radical (unpaired) electrons. The third-order valence-electron chi connectivity index (χ3n) is 11.0. The highest BCUT2D eigenvalue weighted by atomic mass is 31.2. The molecule has 0 unspecified atom stereocenters. The van der Waals surface area contributed by atoms with Crippen LogP contribution in [0, 0.1) is 0 Å². The molecule has 4 nitrogen and oxygen atoms in total. The van der Waals surface area contributed by atoms with Crippen molar-refractivity contribution in [3.63, 3.8) is 0 Å². The van der Waals surface area contributed by atoms with Gasteiger partial charge in [0, 0.05) is 12.3 Å². The second-order valence-corrected chi connectivity index (χ2v) is 17.0. The van der Waals surface area contributed by atoms with E-state index in [0.717, 1.165) is 38.0 Å². The molecule has 2 aliphatic heterocycles. The minimum Gasteiger partial charge on any atom is -0.328 e. The SMILES string of the molecule is C[C@@H]1OP(Cc2c(-c3ccccc3)cc3c(c2-c2c4c(cc(-c5ccccc5)c2CP2O[C@@H](C)[C@H](C)O2)CCCC4)CCCC3)O[C@H]1C. The van der Waals surface area contributed by atoms with Gasteiger partial charge in [-0.25, -0.2) is 0 Å². The van der Waals surface area contributed by atoms with Gasteiger partial charge in [-0.05, 0) is 146 Å². The molecule has 2 heterocycles. The quantitative estimate of drug-likeness (QED) is 0.182. The molecule has 0 amide bonds. The fourth-order valence-electron chi connectivity index (χ4n) is 8.13. The van der Waals surface area contributed by atoms with Gasteiger partial charge in [-0.15, -0.1) is 0 Å². The summed E-state index contributed by atoms with van der Waals surface area (Å²) in [6, 6.07) is 27.2. The van der Waals surface area contributed by atoms with Gasteiger partial charge in [0.25, 0.3) is 0 Å². The first kappa shape index (κ1) is 32.8. The third-order valence-corrected chi connectivity index (χ3v) is 14.4. The lowest BCUT2D eigenvalue weighted by Crippen LogP contribution is -2.14. The van der Waals surface area contributed by atoms with Gasteiger partial charge in [0.1, 0.15) is 0 Å². The van der Waals surface area contributed by atoms with Crippen LogP contribution in [0.15, 0.2) is 72.8 Å². The Morgan fingerprint density at radius 3 is 1.23 bits per heavy atom. The van der Waals surface area contributed by atoms with Gasteiger partial charge in [0.2, 0.25) is 0 Å². The molecule has 0 bridgehead atoms. The Kier molecular flexibility index (Phi) is 9.60. The number of fused-ring (bicyclic) bond motifs is 2. The summed E-state index contributed by atoms with van der Waals surface area (Å²) in [5, 5.41) is 0. The van der Waals surface area contributed by atoms with Crippen molar-refractivity contribution in [2.75, 3.05) is 0 Å². The number of benzene rings is 4. The van der Waals surface area contributed by atoms with E-state index in [4.69, 9.17) is 18.1 Å². The van der Waals surface area contributed by atoms with Crippen molar-refractivity contribution < 1.29 is 18.1 Å². The molecular weight excluding hydrogens is 630 g/mol. The van der Waals surface area contributed by atoms with Gasteiger partial charge < -0.3 is 18.1 Å². The topological polar surface area (TPSA) is 36.9 Å². The van der Waals surface area contributed by atoms with Crippen molar-refractivity contribution >= 4 is 16.8 Å². The predicted molar refractivity (Wildman–Crippen MR) is 199 cm³/mol. The molecule has 4 aromatic carbocycles. The van der Waals surface area contributed by atoms with Crippen LogP contribution in [0.4, 0.5) is 0 Å². The highest BCUT2D eigenvalue weighted by molar-refractivity contribution is 7.47. The summed E-state index contributed by atoms with van der Waals surface area (Å²) >= 11 is 0. The average molecular weight is 679 g/mol. The van der Waals surface area contributed by atoms with Gasteiger partial charge in [0.05, 0.1) is 24.4 Å². The molecule has 250 valence electrons. The summed E-state index contributed by atoms with van der Waals surface area (Å²) in [5.41, 5.74) is 17.1. The summed E-state index contributed by atoms with van der Waals surface area (Å²) in [4.78, 5) is 0. The third kappa shape index (κ3) is 6.35. The molecule has 0 N–H and O–H groups in total. The highest BCUT2D eigenvalue weighted by Gasteiger charge is 2.37. The van der Waals surface area contributed by atoms with Gasteiger partial charge in [-0.2, -0.15) is 0 Å². The van der Waals surface area contributed by atoms with Crippen molar-refractivity contribution in [3.8, 4) is 33.4 Å². The largest absolute Gasteiger partial charge is 0.328 e. The minimum absolute atomic E-state index is 0.102. The monoisotopic (exact) mass is 678 g/mol. The molecule has 0 saturated carbocycles. The zero-order valence-corrected chi connectivity index (χ0v) is 30.6. The zero-order valence-electron chi connectivity index (χ0n) is 28.8. The maximum atomic E-state index is 6.58. The molecular formula is C42H48O4P2. The van der Waals surface area contributed by atoms with Crippen molar-refractivity contribution in [1.82, 2.24) is 0 Å². The van der Waals surface area contributed by atoms with Crippen LogP contribution in [-0.4, -0.2) is 24.4 Å².